The van der Waals surface area contributed by atoms with E-state index in [9.17, 15) is 9.59 Å². The van der Waals surface area contributed by atoms with Crippen molar-refractivity contribution in [2.24, 2.45) is 0 Å². The van der Waals surface area contributed by atoms with Gasteiger partial charge < -0.3 is 10.6 Å². The Morgan fingerprint density at radius 3 is 2.26 bits per heavy atom. The Hall–Kier alpha value is -2.04. The third-order valence-electron chi connectivity index (χ3n) is 3.33. The number of amides is 2. The molecule has 0 saturated heterocycles. The SMILES string of the molecule is Cc1cc(Cl)ccc1NC(=O)CC(=O)Nc1cccc(Cl)c1C. The lowest BCUT2D eigenvalue weighted by Crippen LogP contribution is -2.22. The summed E-state index contributed by atoms with van der Waals surface area (Å²) < 4.78 is 0. The smallest absolute Gasteiger partial charge is 0.233 e. The van der Waals surface area contributed by atoms with E-state index in [1.165, 1.54) is 0 Å². The number of hydrogen-bond donors (Lipinski definition) is 2. The highest BCUT2D eigenvalue weighted by Crippen LogP contribution is 2.23. The number of carbonyl (C=O) groups excluding carboxylic acids is 2. The number of rotatable bonds is 4. The Morgan fingerprint density at radius 2 is 1.61 bits per heavy atom. The average molecular weight is 351 g/mol. The zero-order valence-corrected chi connectivity index (χ0v) is 14.3. The second-order valence-corrected chi connectivity index (χ2v) is 5.99. The van der Waals surface area contributed by atoms with Crippen LogP contribution < -0.4 is 10.6 Å². The number of halogens is 2. The van der Waals surface area contributed by atoms with E-state index in [0.717, 1.165) is 11.1 Å². The summed E-state index contributed by atoms with van der Waals surface area (Å²) in [5.74, 6) is -0.799. The summed E-state index contributed by atoms with van der Waals surface area (Å²) in [7, 11) is 0. The number of benzene rings is 2. The first-order chi connectivity index (χ1) is 10.9. The molecule has 0 fully saturated rings. The van der Waals surface area contributed by atoms with E-state index < -0.39 is 11.8 Å². The van der Waals surface area contributed by atoms with E-state index in [-0.39, 0.29) is 6.42 Å². The van der Waals surface area contributed by atoms with Crippen molar-refractivity contribution in [3.05, 3.63) is 57.6 Å². The molecule has 0 bridgehead atoms. The van der Waals surface area contributed by atoms with E-state index in [2.05, 4.69) is 10.6 Å². The van der Waals surface area contributed by atoms with Gasteiger partial charge in [-0.05, 0) is 55.3 Å². The van der Waals surface area contributed by atoms with Gasteiger partial charge in [0.15, 0.2) is 0 Å². The summed E-state index contributed by atoms with van der Waals surface area (Å²) >= 11 is 11.9. The molecule has 0 unspecified atom stereocenters. The van der Waals surface area contributed by atoms with Crippen molar-refractivity contribution in [3.8, 4) is 0 Å². The molecule has 23 heavy (non-hydrogen) atoms. The van der Waals surface area contributed by atoms with Crippen molar-refractivity contribution >= 4 is 46.4 Å². The number of anilines is 2. The number of carbonyl (C=O) groups is 2. The van der Waals surface area contributed by atoms with Gasteiger partial charge in [-0.3, -0.25) is 9.59 Å². The van der Waals surface area contributed by atoms with Crippen LogP contribution in [0.3, 0.4) is 0 Å². The monoisotopic (exact) mass is 350 g/mol. The number of hydrogen-bond acceptors (Lipinski definition) is 2. The Labute approximate surface area is 144 Å². The van der Waals surface area contributed by atoms with Gasteiger partial charge in [0.05, 0.1) is 0 Å². The first-order valence-electron chi connectivity index (χ1n) is 6.98. The highest BCUT2D eigenvalue weighted by molar-refractivity contribution is 6.32. The van der Waals surface area contributed by atoms with Crippen LogP contribution in [0.5, 0.6) is 0 Å². The molecule has 2 rings (SSSR count). The van der Waals surface area contributed by atoms with Crippen LogP contribution in [0.4, 0.5) is 11.4 Å². The fourth-order valence-electron chi connectivity index (χ4n) is 2.04. The van der Waals surface area contributed by atoms with Crippen LogP contribution in [0.15, 0.2) is 36.4 Å². The summed E-state index contributed by atoms with van der Waals surface area (Å²) in [5.41, 5.74) is 2.82. The topological polar surface area (TPSA) is 58.2 Å². The lowest BCUT2D eigenvalue weighted by atomic mass is 10.2. The van der Waals surface area contributed by atoms with Gasteiger partial charge in [0.25, 0.3) is 0 Å². The summed E-state index contributed by atoms with van der Waals surface area (Å²) in [5, 5.41) is 6.53. The van der Waals surface area contributed by atoms with Crippen LogP contribution in [-0.4, -0.2) is 11.8 Å². The summed E-state index contributed by atoms with van der Waals surface area (Å²) in [6.07, 6.45) is -0.284. The van der Waals surface area contributed by atoms with Crippen LogP contribution in [0, 0.1) is 13.8 Å². The van der Waals surface area contributed by atoms with Gasteiger partial charge in [0.1, 0.15) is 6.42 Å². The van der Waals surface area contributed by atoms with Crippen molar-refractivity contribution in [1.82, 2.24) is 0 Å². The molecular weight excluding hydrogens is 335 g/mol. The Morgan fingerprint density at radius 1 is 0.957 bits per heavy atom. The van der Waals surface area contributed by atoms with Gasteiger partial charge in [0, 0.05) is 21.4 Å². The second kappa shape index (κ2) is 7.49. The van der Waals surface area contributed by atoms with Crippen molar-refractivity contribution < 1.29 is 9.59 Å². The normalized spacial score (nSPS) is 10.3. The quantitative estimate of drug-likeness (QED) is 0.793. The molecule has 0 atom stereocenters. The highest BCUT2D eigenvalue weighted by Gasteiger charge is 2.12. The van der Waals surface area contributed by atoms with Crippen molar-refractivity contribution in [2.75, 3.05) is 10.6 Å². The molecule has 0 aliphatic heterocycles. The van der Waals surface area contributed by atoms with Crippen LogP contribution in [0.2, 0.25) is 10.0 Å². The van der Waals surface area contributed by atoms with E-state index in [1.807, 2.05) is 6.92 Å². The minimum absolute atomic E-state index is 0.284. The highest BCUT2D eigenvalue weighted by atomic mass is 35.5. The second-order valence-electron chi connectivity index (χ2n) is 5.14. The molecule has 0 heterocycles. The molecule has 0 saturated carbocycles. The number of nitrogens with one attached hydrogen (secondary N) is 2. The van der Waals surface area contributed by atoms with Gasteiger partial charge in [0.2, 0.25) is 11.8 Å². The molecule has 2 aromatic rings. The molecule has 0 spiro atoms. The standard InChI is InChI=1S/C17H16Cl2N2O2/c1-10-8-12(18)6-7-14(10)20-16(22)9-17(23)21-15-5-3-4-13(19)11(15)2/h3-8H,9H2,1-2H3,(H,20,22)(H,21,23). The molecule has 0 aliphatic carbocycles. The first kappa shape index (κ1) is 17.3. The first-order valence-corrected chi connectivity index (χ1v) is 7.73. The fraction of sp³-hybridized carbons (Fsp3) is 0.176. The zero-order valence-electron chi connectivity index (χ0n) is 12.7. The van der Waals surface area contributed by atoms with Crippen LogP contribution in [-0.2, 0) is 9.59 Å². The average Bonchev–Trinajstić information content (AvgIpc) is 2.47. The van der Waals surface area contributed by atoms with Gasteiger partial charge in [-0.1, -0.05) is 29.3 Å². The Balaban J connectivity index is 1.97. The third kappa shape index (κ3) is 4.71. The predicted octanol–water partition coefficient (Wildman–Crippen LogP) is 4.58. The lowest BCUT2D eigenvalue weighted by Gasteiger charge is -2.11. The van der Waals surface area contributed by atoms with Gasteiger partial charge in [-0.25, -0.2) is 0 Å². The molecular formula is C17H16Cl2N2O2. The maximum absolute atomic E-state index is 12.0. The van der Waals surface area contributed by atoms with Gasteiger partial charge >= 0.3 is 0 Å². The third-order valence-corrected chi connectivity index (χ3v) is 3.97. The molecule has 120 valence electrons. The summed E-state index contributed by atoms with van der Waals surface area (Å²) in [6, 6.07) is 10.3. The van der Waals surface area contributed by atoms with Gasteiger partial charge in [-0.2, -0.15) is 0 Å². The van der Waals surface area contributed by atoms with E-state index >= 15 is 0 Å². The predicted molar refractivity (Wildman–Crippen MR) is 94.3 cm³/mol. The minimum atomic E-state index is -0.403. The lowest BCUT2D eigenvalue weighted by molar-refractivity contribution is -0.123. The number of aryl methyl sites for hydroxylation is 1. The largest absolute Gasteiger partial charge is 0.325 e. The van der Waals surface area contributed by atoms with Crippen molar-refractivity contribution in [1.29, 1.82) is 0 Å². The van der Waals surface area contributed by atoms with Gasteiger partial charge in [-0.15, -0.1) is 0 Å². The molecule has 0 aromatic heterocycles. The van der Waals surface area contributed by atoms with Crippen LogP contribution in [0.25, 0.3) is 0 Å². The molecule has 2 amide bonds. The summed E-state index contributed by atoms with van der Waals surface area (Å²) in [6.45, 7) is 3.63. The van der Waals surface area contributed by atoms with E-state index in [1.54, 1.807) is 43.3 Å². The van der Waals surface area contributed by atoms with E-state index in [0.29, 0.717) is 21.4 Å². The molecule has 0 aliphatic rings. The Kier molecular flexibility index (Phi) is 5.64. The maximum Gasteiger partial charge on any atom is 0.233 e. The molecule has 6 heteroatoms. The van der Waals surface area contributed by atoms with E-state index in [4.69, 9.17) is 23.2 Å². The van der Waals surface area contributed by atoms with Crippen molar-refractivity contribution in [2.45, 2.75) is 20.3 Å². The van der Waals surface area contributed by atoms with Crippen LogP contribution >= 0.6 is 23.2 Å². The van der Waals surface area contributed by atoms with Crippen LogP contribution in [0.1, 0.15) is 17.5 Å². The molecule has 4 nitrogen and oxygen atoms in total. The fourth-order valence-corrected chi connectivity index (χ4v) is 2.45. The minimum Gasteiger partial charge on any atom is -0.325 e. The maximum atomic E-state index is 12.0. The Bertz CT molecular complexity index is 760. The molecule has 0 radical (unpaired) electrons. The molecule has 2 aromatic carbocycles. The molecule has 2 N–H and O–H groups in total. The zero-order chi connectivity index (χ0) is 17.0. The van der Waals surface area contributed by atoms with Crippen molar-refractivity contribution in [3.63, 3.8) is 0 Å². The summed E-state index contributed by atoms with van der Waals surface area (Å²) in [4.78, 5) is 24.0.